The molecule has 148 valence electrons. The highest BCUT2D eigenvalue weighted by Crippen LogP contribution is 2.32. The Labute approximate surface area is 162 Å². The molecule has 0 spiro atoms. The van der Waals surface area contributed by atoms with E-state index in [4.69, 9.17) is 9.47 Å². The van der Waals surface area contributed by atoms with Crippen LogP contribution in [-0.2, 0) is 28.7 Å². The van der Waals surface area contributed by atoms with E-state index in [1.165, 1.54) is 23.6 Å². The molecule has 26 heavy (non-hydrogen) atoms. The van der Waals surface area contributed by atoms with Crippen LogP contribution in [0.4, 0.5) is 0 Å². The van der Waals surface area contributed by atoms with E-state index in [9.17, 15) is 19.2 Å². The van der Waals surface area contributed by atoms with Crippen molar-refractivity contribution in [1.29, 1.82) is 0 Å². The lowest BCUT2D eigenvalue weighted by Gasteiger charge is -2.43. The highest BCUT2D eigenvalue weighted by atomic mass is 32.2. The summed E-state index contributed by atoms with van der Waals surface area (Å²) in [6, 6.07) is 0. The van der Waals surface area contributed by atoms with Crippen LogP contribution < -0.4 is 0 Å². The summed E-state index contributed by atoms with van der Waals surface area (Å²) >= 11 is 1.65. The third-order valence-corrected chi connectivity index (χ3v) is 5.63. The minimum absolute atomic E-state index is 0.248. The number of rotatable bonds is 10. The van der Waals surface area contributed by atoms with Crippen LogP contribution in [0.5, 0.6) is 0 Å². The van der Waals surface area contributed by atoms with Gasteiger partial charge in [0.1, 0.15) is 0 Å². The standard InChI is InChI=1S/C16H26N2O6S2/c1-11(19)25-15-13(21)18(8-6-10-24-4)16(26-12(2)20)14(22)17(15)7-5-9-23-3/h15-16H,5-10H2,1-4H3. The van der Waals surface area contributed by atoms with Gasteiger partial charge in [0.2, 0.25) is 0 Å². The molecular weight excluding hydrogens is 380 g/mol. The van der Waals surface area contributed by atoms with Gasteiger partial charge in [-0.25, -0.2) is 0 Å². The zero-order valence-corrected chi connectivity index (χ0v) is 17.2. The summed E-state index contributed by atoms with van der Waals surface area (Å²) in [5.74, 6) is -0.672. The van der Waals surface area contributed by atoms with Crippen molar-refractivity contribution in [2.45, 2.75) is 37.4 Å². The summed E-state index contributed by atoms with van der Waals surface area (Å²) in [7, 11) is 3.11. The lowest BCUT2D eigenvalue weighted by Crippen LogP contribution is -2.63. The molecule has 10 heteroatoms. The van der Waals surface area contributed by atoms with Gasteiger partial charge in [-0.1, -0.05) is 23.5 Å². The maximum absolute atomic E-state index is 13.0. The summed E-state index contributed by atoms with van der Waals surface area (Å²) < 4.78 is 10.0. The van der Waals surface area contributed by atoms with E-state index < -0.39 is 10.7 Å². The molecule has 0 aromatic carbocycles. The van der Waals surface area contributed by atoms with E-state index in [0.717, 1.165) is 23.5 Å². The van der Waals surface area contributed by atoms with Gasteiger partial charge in [-0.2, -0.15) is 0 Å². The van der Waals surface area contributed by atoms with Gasteiger partial charge < -0.3 is 19.3 Å². The Balaban J connectivity index is 3.09. The predicted octanol–water partition coefficient (Wildman–Crippen LogP) is 0.942. The van der Waals surface area contributed by atoms with Crippen LogP contribution in [0.1, 0.15) is 26.7 Å². The minimum Gasteiger partial charge on any atom is -0.385 e. The molecule has 1 aliphatic heterocycles. The molecule has 0 bridgehead atoms. The highest BCUT2D eigenvalue weighted by Gasteiger charge is 2.47. The zero-order chi connectivity index (χ0) is 19.7. The molecule has 1 aliphatic rings. The van der Waals surface area contributed by atoms with Crippen molar-refractivity contribution >= 4 is 45.6 Å². The number of carbonyl (C=O) groups excluding carboxylic acids is 4. The van der Waals surface area contributed by atoms with E-state index in [2.05, 4.69) is 0 Å². The lowest BCUT2D eigenvalue weighted by molar-refractivity contribution is -0.154. The zero-order valence-electron chi connectivity index (χ0n) is 15.6. The molecule has 8 nitrogen and oxygen atoms in total. The Morgan fingerprint density at radius 3 is 1.46 bits per heavy atom. The van der Waals surface area contributed by atoms with Gasteiger partial charge >= 0.3 is 0 Å². The number of amides is 2. The van der Waals surface area contributed by atoms with Gasteiger partial charge in [0.25, 0.3) is 11.8 Å². The molecule has 0 aromatic heterocycles. The monoisotopic (exact) mass is 406 g/mol. The molecular formula is C16H26N2O6S2. The molecule has 2 amide bonds. The maximum Gasteiger partial charge on any atom is 0.257 e. The fraction of sp³-hybridized carbons (Fsp3) is 0.750. The maximum atomic E-state index is 13.0. The fourth-order valence-corrected chi connectivity index (χ4v) is 4.31. The first kappa shape index (κ1) is 22.9. The van der Waals surface area contributed by atoms with Crippen LogP contribution in [-0.4, -0.2) is 83.1 Å². The second kappa shape index (κ2) is 11.6. The number of hydrogen-bond acceptors (Lipinski definition) is 8. The number of ether oxygens (including phenoxy) is 2. The Kier molecular flexibility index (Phi) is 10.2. The van der Waals surface area contributed by atoms with Crippen molar-refractivity contribution in [3.63, 3.8) is 0 Å². The fourth-order valence-electron chi connectivity index (χ4n) is 2.54. The summed E-state index contributed by atoms with van der Waals surface area (Å²) in [6.07, 6.45) is 1.07. The third-order valence-electron chi connectivity index (χ3n) is 3.60. The van der Waals surface area contributed by atoms with E-state index in [1.54, 1.807) is 14.2 Å². The summed E-state index contributed by atoms with van der Waals surface area (Å²) in [5.41, 5.74) is 0. The average molecular weight is 407 g/mol. The second-order valence-electron chi connectivity index (χ2n) is 5.68. The Hall–Kier alpha value is -1.10. The molecule has 0 aliphatic carbocycles. The lowest BCUT2D eigenvalue weighted by atomic mass is 10.2. The van der Waals surface area contributed by atoms with E-state index >= 15 is 0 Å². The van der Waals surface area contributed by atoms with E-state index in [1.807, 2.05) is 0 Å². The summed E-state index contributed by atoms with van der Waals surface area (Å²) in [4.78, 5) is 52.0. The second-order valence-corrected chi connectivity index (χ2v) is 8.19. The number of hydrogen-bond donors (Lipinski definition) is 0. The SMILES string of the molecule is COCCCN1C(=O)C(SC(C)=O)N(CCCOC)C(=O)C1SC(C)=O. The molecule has 1 heterocycles. The average Bonchev–Trinajstić information content (AvgIpc) is 2.57. The van der Waals surface area contributed by atoms with Crippen LogP contribution in [0, 0.1) is 0 Å². The number of carbonyl (C=O) groups is 4. The highest BCUT2D eigenvalue weighted by molar-refractivity contribution is 8.15. The van der Waals surface area contributed by atoms with E-state index in [-0.39, 0.29) is 35.1 Å². The molecule has 0 N–H and O–H groups in total. The molecule has 2 unspecified atom stereocenters. The first-order chi connectivity index (χ1) is 12.3. The molecule has 0 saturated carbocycles. The van der Waals surface area contributed by atoms with Gasteiger partial charge in [-0.3, -0.25) is 19.2 Å². The normalized spacial score (nSPS) is 20.6. The number of piperazine rings is 1. The van der Waals surface area contributed by atoms with Crippen LogP contribution in [0.2, 0.25) is 0 Å². The van der Waals surface area contributed by atoms with Gasteiger partial charge in [0, 0.05) is 54.4 Å². The largest absolute Gasteiger partial charge is 0.385 e. The Bertz CT molecular complexity index is 485. The van der Waals surface area contributed by atoms with Crippen molar-refractivity contribution in [3.05, 3.63) is 0 Å². The van der Waals surface area contributed by atoms with Crippen molar-refractivity contribution in [3.8, 4) is 0 Å². The van der Waals surface area contributed by atoms with Crippen molar-refractivity contribution < 1.29 is 28.7 Å². The molecule has 0 aromatic rings. The molecule has 0 radical (unpaired) electrons. The summed E-state index contributed by atoms with van der Waals surface area (Å²) in [6.45, 7) is 4.15. The van der Waals surface area contributed by atoms with Crippen LogP contribution in [0.25, 0.3) is 0 Å². The van der Waals surface area contributed by atoms with E-state index in [0.29, 0.717) is 26.1 Å². The molecule has 1 fully saturated rings. The van der Waals surface area contributed by atoms with Gasteiger partial charge in [-0.05, 0) is 12.8 Å². The van der Waals surface area contributed by atoms with Crippen molar-refractivity contribution in [2.24, 2.45) is 0 Å². The Morgan fingerprint density at radius 2 is 1.19 bits per heavy atom. The van der Waals surface area contributed by atoms with Gasteiger partial charge in [-0.15, -0.1) is 0 Å². The van der Waals surface area contributed by atoms with Crippen molar-refractivity contribution in [1.82, 2.24) is 9.80 Å². The first-order valence-corrected chi connectivity index (χ1v) is 10.0. The van der Waals surface area contributed by atoms with Crippen molar-refractivity contribution in [2.75, 3.05) is 40.5 Å². The van der Waals surface area contributed by atoms with Crippen LogP contribution in [0.15, 0.2) is 0 Å². The third kappa shape index (κ3) is 6.57. The topological polar surface area (TPSA) is 93.2 Å². The number of nitrogens with zero attached hydrogens (tertiary/aromatic N) is 2. The quantitative estimate of drug-likeness (QED) is 0.495. The molecule has 2 atom stereocenters. The number of methoxy groups -OCH3 is 2. The first-order valence-electron chi connectivity index (χ1n) is 8.26. The predicted molar refractivity (Wildman–Crippen MR) is 101 cm³/mol. The minimum atomic E-state index is -0.914. The van der Waals surface area contributed by atoms with Crippen LogP contribution in [0.3, 0.4) is 0 Å². The molecule has 1 rings (SSSR count). The van der Waals surface area contributed by atoms with Gasteiger partial charge in [0.15, 0.2) is 21.0 Å². The number of thioether (sulfide) groups is 2. The Morgan fingerprint density at radius 1 is 0.846 bits per heavy atom. The molecule has 1 saturated heterocycles. The summed E-state index contributed by atoms with van der Waals surface area (Å²) in [5, 5.41) is -2.32. The smallest absolute Gasteiger partial charge is 0.257 e. The van der Waals surface area contributed by atoms with Gasteiger partial charge in [0.05, 0.1) is 0 Å². The van der Waals surface area contributed by atoms with Crippen LogP contribution >= 0.6 is 23.5 Å².